The molecule has 96 valence electrons. The number of aryl methyl sites for hydroxylation is 1. The quantitative estimate of drug-likeness (QED) is 0.803. The first kappa shape index (κ1) is 13.7. The van der Waals surface area contributed by atoms with Gasteiger partial charge in [0.05, 0.1) is 0 Å². The molecule has 5 heteroatoms. The third-order valence-electron chi connectivity index (χ3n) is 2.72. The van der Waals surface area contributed by atoms with E-state index in [1.807, 2.05) is 32.0 Å². The van der Waals surface area contributed by atoms with Crippen LogP contribution in [0.15, 0.2) is 6.07 Å². The fraction of sp³-hybridized carbons (Fsp3) is 0.667. The summed E-state index contributed by atoms with van der Waals surface area (Å²) in [6.07, 6.45) is 0.749. The number of aliphatic hydroxyl groups is 1. The van der Waals surface area contributed by atoms with Crippen molar-refractivity contribution in [1.29, 1.82) is 0 Å². The van der Waals surface area contributed by atoms with Gasteiger partial charge in [0, 0.05) is 39.9 Å². The lowest BCUT2D eigenvalue weighted by molar-refractivity contribution is 0.290. The van der Waals surface area contributed by atoms with Crippen LogP contribution in [-0.4, -0.2) is 48.9 Å². The number of hydrogen-bond donors (Lipinski definition) is 1. The molecule has 0 fully saturated rings. The van der Waals surface area contributed by atoms with Gasteiger partial charge in [0.1, 0.15) is 17.5 Å². The molecule has 1 aromatic heterocycles. The highest BCUT2D eigenvalue weighted by Gasteiger charge is 2.08. The molecule has 0 aliphatic heterocycles. The van der Waals surface area contributed by atoms with E-state index in [4.69, 9.17) is 5.11 Å². The molecule has 0 amide bonds. The van der Waals surface area contributed by atoms with Crippen molar-refractivity contribution in [3.05, 3.63) is 11.9 Å². The van der Waals surface area contributed by atoms with Gasteiger partial charge in [-0.25, -0.2) is 9.97 Å². The van der Waals surface area contributed by atoms with Crippen LogP contribution in [0.1, 0.15) is 19.2 Å². The Kier molecular flexibility index (Phi) is 5.15. The highest BCUT2D eigenvalue weighted by molar-refractivity contribution is 5.50. The number of nitrogens with zero attached hydrogens (tertiary/aromatic N) is 4. The number of aliphatic hydroxyl groups excluding tert-OH is 1. The van der Waals surface area contributed by atoms with Gasteiger partial charge in [-0.05, 0) is 20.3 Å². The first-order chi connectivity index (χ1) is 8.08. The van der Waals surface area contributed by atoms with Crippen LogP contribution in [-0.2, 0) is 0 Å². The third-order valence-corrected chi connectivity index (χ3v) is 2.72. The van der Waals surface area contributed by atoms with Gasteiger partial charge < -0.3 is 14.9 Å². The van der Waals surface area contributed by atoms with Crippen LogP contribution in [0.4, 0.5) is 11.6 Å². The van der Waals surface area contributed by atoms with Gasteiger partial charge in [-0.3, -0.25) is 0 Å². The predicted molar refractivity (Wildman–Crippen MR) is 70.7 cm³/mol. The smallest absolute Gasteiger partial charge is 0.134 e. The molecular formula is C12H22N4O. The summed E-state index contributed by atoms with van der Waals surface area (Å²) in [6, 6.07) is 1.98. The second-order valence-electron chi connectivity index (χ2n) is 4.14. The Morgan fingerprint density at radius 2 is 1.76 bits per heavy atom. The minimum absolute atomic E-state index is 0.204. The number of anilines is 2. The molecule has 5 nitrogen and oxygen atoms in total. The van der Waals surface area contributed by atoms with E-state index in [0.717, 1.165) is 37.0 Å². The molecule has 1 aromatic rings. The largest absolute Gasteiger partial charge is 0.396 e. The SMILES string of the molecule is CCN(C)c1cc(N(C)CCCO)nc(C)n1. The van der Waals surface area contributed by atoms with Crippen LogP contribution in [0.5, 0.6) is 0 Å². The predicted octanol–water partition coefficient (Wildman–Crippen LogP) is 1.06. The van der Waals surface area contributed by atoms with Crippen molar-refractivity contribution in [1.82, 2.24) is 9.97 Å². The summed E-state index contributed by atoms with van der Waals surface area (Å²) in [5.41, 5.74) is 0. The Bertz CT molecular complexity index is 356. The van der Waals surface area contributed by atoms with E-state index in [-0.39, 0.29) is 6.61 Å². The van der Waals surface area contributed by atoms with Gasteiger partial charge in [0.15, 0.2) is 0 Å². The summed E-state index contributed by atoms with van der Waals surface area (Å²) in [5, 5.41) is 8.83. The molecule has 0 aliphatic carbocycles. The maximum absolute atomic E-state index is 8.83. The van der Waals surface area contributed by atoms with E-state index in [1.165, 1.54) is 0 Å². The molecular weight excluding hydrogens is 216 g/mol. The molecule has 0 atom stereocenters. The van der Waals surface area contributed by atoms with Crippen molar-refractivity contribution in [3.63, 3.8) is 0 Å². The molecule has 0 saturated heterocycles. The van der Waals surface area contributed by atoms with E-state index in [0.29, 0.717) is 0 Å². The zero-order valence-electron chi connectivity index (χ0n) is 11.1. The van der Waals surface area contributed by atoms with E-state index in [2.05, 4.69) is 21.8 Å². The summed E-state index contributed by atoms with van der Waals surface area (Å²) >= 11 is 0. The number of aromatic nitrogens is 2. The van der Waals surface area contributed by atoms with Crippen molar-refractivity contribution in [2.45, 2.75) is 20.3 Å². The number of rotatable bonds is 6. The lowest BCUT2D eigenvalue weighted by Gasteiger charge is -2.21. The summed E-state index contributed by atoms with van der Waals surface area (Å²) in [4.78, 5) is 12.9. The van der Waals surface area contributed by atoms with Crippen LogP contribution >= 0.6 is 0 Å². The first-order valence-electron chi connectivity index (χ1n) is 5.97. The Morgan fingerprint density at radius 1 is 1.18 bits per heavy atom. The summed E-state index contributed by atoms with van der Waals surface area (Å²) in [6.45, 7) is 5.90. The molecule has 0 saturated carbocycles. The fourth-order valence-corrected chi connectivity index (χ4v) is 1.51. The van der Waals surface area contributed by atoms with Crippen molar-refractivity contribution < 1.29 is 5.11 Å². The third kappa shape index (κ3) is 3.85. The van der Waals surface area contributed by atoms with Gasteiger partial charge in [-0.2, -0.15) is 0 Å². The molecule has 0 spiro atoms. The van der Waals surface area contributed by atoms with Gasteiger partial charge in [-0.15, -0.1) is 0 Å². The van der Waals surface area contributed by atoms with Crippen LogP contribution in [0.3, 0.4) is 0 Å². The molecule has 0 aliphatic rings. The molecule has 1 heterocycles. The molecule has 1 N–H and O–H groups in total. The molecule has 1 rings (SSSR count). The van der Waals surface area contributed by atoms with Crippen molar-refractivity contribution in [3.8, 4) is 0 Å². The molecule has 0 aromatic carbocycles. The molecule has 17 heavy (non-hydrogen) atoms. The maximum atomic E-state index is 8.83. The number of hydrogen-bond acceptors (Lipinski definition) is 5. The van der Waals surface area contributed by atoms with Gasteiger partial charge >= 0.3 is 0 Å². The second-order valence-corrected chi connectivity index (χ2v) is 4.14. The zero-order chi connectivity index (χ0) is 12.8. The topological polar surface area (TPSA) is 52.5 Å². The summed E-state index contributed by atoms with van der Waals surface area (Å²) < 4.78 is 0. The van der Waals surface area contributed by atoms with Crippen LogP contribution in [0.25, 0.3) is 0 Å². The summed E-state index contributed by atoms with van der Waals surface area (Å²) in [5.74, 6) is 2.61. The Hall–Kier alpha value is -1.36. The van der Waals surface area contributed by atoms with Crippen LogP contribution in [0, 0.1) is 6.92 Å². The van der Waals surface area contributed by atoms with Crippen LogP contribution < -0.4 is 9.80 Å². The molecule has 0 radical (unpaired) electrons. The molecule has 0 unspecified atom stereocenters. The van der Waals surface area contributed by atoms with Crippen molar-refractivity contribution in [2.24, 2.45) is 0 Å². The van der Waals surface area contributed by atoms with E-state index in [1.54, 1.807) is 0 Å². The van der Waals surface area contributed by atoms with E-state index in [9.17, 15) is 0 Å². The lowest BCUT2D eigenvalue weighted by Crippen LogP contribution is -2.23. The van der Waals surface area contributed by atoms with E-state index < -0.39 is 0 Å². The minimum Gasteiger partial charge on any atom is -0.396 e. The lowest BCUT2D eigenvalue weighted by atomic mass is 10.4. The second kappa shape index (κ2) is 6.39. The first-order valence-corrected chi connectivity index (χ1v) is 5.97. The van der Waals surface area contributed by atoms with Crippen molar-refractivity contribution >= 4 is 11.6 Å². The molecule has 0 bridgehead atoms. The highest BCUT2D eigenvalue weighted by Crippen LogP contribution is 2.17. The standard InChI is InChI=1S/C12H22N4O/c1-5-15(3)11-9-12(14-10(2)13-11)16(4)7-6-8-17/h9,17H,5-8H2,1-4H3. The highest BCUT2D eigenvalue weighted by atomic mass is 16.3. The monoisotopic (exact) mass is 238 g/mol. The van der Waals surface area contributed by atoms with E-state index >= 15 is 0 Å². The van der Waals surface area contributed by atoms with Gasteiger partial charge in [0.2, 0.25) is 0 Å². The fourth-order valence-electron chi connectivity index (χ4n) is 1.51. The Balaban J connectivity index is 2.88. The Labute approximate surface area is 103 Å². The Morgan fingerprint density at radius 3 is 2.29 bits per heavy atom. The average molecular weight is 238 g/mol. The minimum atomic E-state index is 0.204. The summed E-state index contributed by atoms with van der Waals surface area (Å²) in [7, 11) is 3.99. The zero-order valence-corrected chi connectivity index (χ0v) is 11.1. The normalized spacial score (nSPS) is 10.4. The van der Waals surface area contributed by atoms with Gasteiger partial charge in [-0.1, -0.05) is 0 Å². The van der Waals surface area contributed by atoms with Gasteiger partial charge in [0.25, 0.3) is 0 Å². The van der Waals surface area contributed by atoms with Crippen LogP contribution in [0.2, 0.25) is 0 Å². The average Bonchev–Trinajstić information content (AvgIpc) is 2.34. The maximum Gasteiger partial charge on any atom is 0.134 e. The van der Waals surface area contributed by atoms with Crippen molar-refractivity contribution in [2.75, 3.05) is 43.6 Å².